The van der Waals surface area contributed by atoms with Crippen LogP contribution in [-0.4, -0.2) is 25.9 Å². The van der Waals surface area contributed by atoms with E-state index in [-0.39, 0.29) is 5.56 Å². The monoisotopic (exact) mass is 334 g/mol. The molecule has 2 N–H and O–H groups in total. The van der Waals surface area contributed by atoms with E-state index in [1.807, 2.05) is 0 Å². The lowest BCUT2D eigenvalue weighted by Gasteiger charge is -2.14. The summed E-state index contributed by atoms with van der Waals surface area (Å²) in [5, 5.41) is 2.48. The van der Waals surface area contributed by atoms with Crippen LogP contribution in [0, 0.1) is 0 Å². The molecular formula is C14H17F3N2O2S. The van der Waals surface area contributed by atoms with Crippen LogP contribution in [0.2, 0.25) is 0 Å². The quantitative estimate of drug-likeness (QED) is 0.747. The minimum absolute atomic E-state index is 0.0947. The summed E-state index contributed by atoms with van der Waals surface area (Å²) in [5.74, 6) is -0.649. The summed E-state index contributed by atoms with van der Waals surface area (Å²) in [5.41, 5.74) is -0.300. The molecule has 0 aliphatic carbocycles. The minimum Gasteiger partial charge on any atom is -0.384 e. The molecule has 22 heavy (non-hydrogen) atoms. The second kappa shape index (κ2) is 8.09. The molecule has 0 saturated carbocycles. The van der Waals surface area contributed by atoms with Gasteiger partial charge in [0.25, 0.3) is 5.91 Å². The molecule has 0 aliphatic heterocycles. The highest BCUT2D eigenvalue weighted by molar-refractivity contribution is 7.99. The van der Waals surface area contributed by atoms with Gasteiger partial charge in [0.05, 0.1) is 23.4 Å². The van der Waals surface area contributed by atoms with Crippen molar-refractivity contribution in [2.24, 2.45) is 0 Å². The first-order valence-electron chi connectivity index (χ1n) is 6.28. The highest BCUT2D eigenvalue weighted by Crippen LogP contribution is 2.32. The molecule has 1 aromatic carbocycles. The molecule has 0 saturated heterocycles. The summed E-state index contributed by atoms with van der Waals surface area (Å²) in [6.45, 7) is 4.00. The molecule has 0 fully saturated rings. The molecule has 0 radical (unpaired) electrons. The van der Waals surface area contributed by atoms with E-state index in [4.69, 9.17) is 4.74 Å². The number of alkyl halides is 3. The first-order chi connectivity index (χ1) is 10.3. The largest absolute Gasteiger partial charge is 0.416 e. The number of nitrogens with one attached hydrogen (secondary N) is 2. The third-order valence-corrected chi connectivity index (χ3v) is 3.13. The summed E-state index contributed by atoms with van der Waals surface area (Å²) >= 11 is 1.18. The Morgan fingerprint density at radius 1 is 1.41 bits per heavy atom. The highest BCUT2D eigenvalue weighted by Gasteiger charge is 2.31. The van der Waals surface area contributed by atoms with Crippen LogP contribution in [-0.2, 0) is 10.9 Å². The lowest BCUT2D eigenvalue weighted by atomic mass is 10.1. The number of hydrogen-bond donors (Lipinski definition) is 2. The number of anilines is 1. The van der Waals surface area contributed by atoms with Gasteiger partial charge in [0.15, 0.2) is 0 Å². The average molecular weight is 334 g/mol. The number of amides is 1. The van der Waals surface area contributed by atoms with E-state index < -0.39 is 17.6 Å². The van der Waals surface area contributed by atoms with Crippen molar-refractivity contribution in [3.05, 3.63) is 41.6 Å². The molecule has 0 heterocycles. The van der Waals surface area contributed by atoms with Gasteiger partial charge in [0.2, 0.25) is 0 Å². The lowest BCUT2D eigenvalue weighted by molar-refractivity contribution is -0.137. The Labute approximate surface area is 131 Å². The van der Waals surface area contributed by atoms with Gasteiger partial charge in [-0.25, -0.2) is 0 Å². The fourth-order valence-corrected chi connectivity index (χ4v) is 2.02. The van der Waals surface area contributed by atoms with E-state index in [1.165, 1.54) is 25.1 Å². The molecule has 4 nitrogen and oxygen atoms in total. The molecule has 0 aliphatic rings. The Kier molecular flexibility index (Phi) is 6.76. The summed E-state index contributed by atoms with van der Waals surface area (Å²) in [7, 11) is 1.50. The van der Waals surface area contributed by atoms with Crippen molar-refractivity contribution in [1.29, 1.82) is 0 Å². The summed E-state index contributed by atoms with van der Waals surface area (Å²) in [4.78, 5) is 12.2. The normalized spacial score (nSPS) is 11.1. The first kappa shape index (κ1) is 18.4. The van der Waals surface area contributed by atoms with Crippen LogP contribution >= 0.6 is 11.9 Å². The van der Waals surface area contributed by atoms with Crippen molar-refractivity contribution in [2.45, 2.75) is 12.6 Å². The van der Waals surface area contributed by atoms with Crippen molar-refractivity contribution in [3.8, 4) is 0 Å². The third-order valence-electron chi connectivity index (χ3n) is 2.70. The van der Waals surface area contributed by atoms with Crippen LogP contribution in [0.5, 0.6) is 0 Å². The Morgan fingerprint density at radius 2 is 2.09 bits per heavy atom. The smallest absolute Gasteiger partial charge is 0.384 e. The Balaban J connectivity index is 3.02. The summed E-state index contributed by atoms with van der Waals surface area (Å²) < 4.78 is 46.0. The number of halogens is 3. The molecule has 0 spiro atoms. The number of benzene rings is 1. The van der Waals surface area contributed by atoms with Crippen LogP contribution in [0.3, 0.4) is 0 Å². The van der Waals surface area contributed by atoms with Gasteiger partial charge in [-0.05, 0) is 18.2 Å². The second-order valence-electron chi connectivity index (χ2n) is 4.36. The van der Waals surface area contributed by atoms with Crippen molar-refractivity contribution in [1.82, 2.24) is 5.32 Å². The first-order valence-corrected chi connectivity index (χ1v) is 7.50. The molecule has 1 rings (SSSR count). The number of carbonyl (C=O) groups is 1. The van der Waals surface area contributed by atoms with Crippen LogP contribution in [0.15, 0.2) is 30.5 Å². The van der Waals surface area contributed by atoms with E-state index in [1.54, 1.807) is 6.26 Å². The molecular weight excluding hydrogens is 317 g/mol. The van der Waals surface area contributed by atoms with E-state index in [0.29, 0.717) is 24.4 Å². The number of methoxy groups -OCH3 is 1. The van der Waals surface area contributed by atoms with Crippen molar-refractivity contribution >= 4 is 23.5 Å². The molecule has 0 unspecified atom stereocenters. The van der Waals surface area contributed by atoms with Gasteiger partial charge in [0, 0.05) is 25.5 Å². The number of rotatable bonds is 7. The van der Waals surface area contributed by atoms with E-state index >= 15 is 0 Å². The van der Waals surface area contributed by atoms with Gasteiger partial charge in [-0.3, -0.25) is 4.79 Å². The molecule has 122 valence electrons. The zero-order valence-corrected chi connectivity index (χ0v) is 13.0. The Morgan fingerprint density at radius 3 is 2.64 bits per heavy atom. The molecule has 1 amide bonds. The molecule has 0 aromatic heterocycles. The van der Waals surface area contributed by atoms with E-state index in [9.17, 15) is 18.0 Å². The topological polar surface area (TPSA) is 50.4 Å². The summed E-state index contributed by atoms with van der Waals surface area (Å²) in [6.07, 6.45) is -2.43. The van der Waals surface area contributed by atoms with Crippen molar-refractivity contribution < 1.29 is 22.7 Å². The Hall–Kier alpha value is -1.67. The fourth-order valence-electron chi connectivity index (χ4n) is 1.62. The third kappa shape index (κ3) is 5.27. The zero-order valence-electron chi connectivity index (χ0n) is 12.2. The van der Waals surface area contributed by atoms with E-state index in [0.717, 1.165) is 12.1 Å². The second-order valence-corrected chi connectivity index (χ2v) is 4.98. The van der Waals surface area contributed by atoms with Gasteiger partial charge in [-0.1, -0.05) is 18.5 Å². The van der Waals surface area contributed by atoms with Crippen LogP contribution < -0.4 is 10.0 Å². The maximum Gasteiger partial charge on any atom is 0.416 e. The highest BCUT2D eigenvalue weighted by atomic mass is 32.2. The maximum absolute atomic E-state index is 12.8. The molecule has 8 heteroatoms. The zero-order chi connectivity index (χ0) is 16.8. The minimum atomic E-state index is -4.51. The van der Waals surface area contributed by atoms with Crippen molar-refractivity contribution in [2.75, 3.05) is 24.7 Å². The van der Waals surface area contributed by atoms with Crippen LogP contribution in [0.1, 0.15) is 22.3 Å². The molecule has 0 bridgehead atoms. The predicted octanol–water partition coefficient (Wildman–Crippen LogP) is 3.68. The predicted molar refractivity (Wildman–Crippen MR) is 81.7 cm³/mol. The number of hydrogen-bond acceptors (Lipinski definition) is 4. The fraction of sp³-hybridized carbons (Fsp3) is 0.357. The van der Waals surface area contributed by atoms with Gasteiger partial charge in [-0.2, -0.15) is 13.2 Å². The Bertz CT molecular complexity index is 547. The van der Waals surface area contributed by atoms with Crippen LogP contribution in [0.4, 0.5) is 18.9 Å². The van der Waals surface area contributed by atoms with Gasteiger partial charge < -0.3 is 14.8 Å². The summed E-state index contributed by atoms with van der Waals surface area (Å²) in [6, 6.07) is 2.97. The molecule has 0 atom stereocenters. The molecule has 1 aromatic rings. The van der Waals surface area contributed by atoms with Crippen molar-refractivity contribution in [3.63, 3.8) is 0 Å². The average Bonchev–Trinajstić information content (AvgIpc) is 2.44. The maximum atomic E-state index is 12.8. The van der Waals surface area contributed by atoms with Gasteiger partial charge >= 0.3 is 6.18 Å². The van der Waals surface area contributed by atoms with Crippen LogP contribution in [0.25, 0.3) is 0 Å². The number of ether oxygens (including phenoxy) is 1. The van der Waals surface area contributed by atoms with E-state index in [2.05, 4.69) is 16.6 Å². The van der Waals surface area contributed by atoms with Gasteiger partial charge in [-0.15, -0.1) is 0 Å². The SMILES string of the molecule is C=C(CCOC)NC(=O)c1cc(C(F)(F)F)ccc1NSC. The lowest BCUT2D eigenvalue weighted by Crippen LogP contribution is -2.24. The standard InChI is InChI=1S/C14H17F3N2O2S/c1-9(6-7-21-2)18-13(20)11-8-10(14(15,16)17)4-5-12(11)19-22-3/h4-5,8,19H,1,6-7H2,2-3H3,(H,18,20). The number of carbonyl (C=O) groups excluding carboxylic acids is 1. The van der Waals surface area contributed by atoms with Gasteiger partial charge in [0.1, 0.15) is 0 Å².